The van der Waals surface area contributed by atoms with Crippen LogP contribution in [-0.2, 0) is 16.1 Å². The lowest BCUT2D eigenvalue weighted by atomic mass is 10.0. The van der Waals surface area contributed by atoms with E-state index >= 15 is 0 Å². The number of para-hydroxylation sites is 1. The Morgan fingerprint density at radius 1 is 1.16 bits per heavy atom. The number of carboxylic acids is 1. The lowest BCUT2D eigenvalue weighted by Crippen LogP contribution is -2.23. The summed E-state index contributed by atoms with van der Waals surface area (Å²) in [7, 11) is 0. The molecule has 0 saturated carbocycles. The third-order valence-corrected chi connectivity index (χ3v) is 4.39. The number of aromatic nitrogens is 2. The zero-order valence-corrected chi connectivity index (χ0v) is 16.8. The van der Waals surface area contributed by atoms with Crippen LogP contribution in [-0.4, -0.2) is 38.5 Å². The summed E-state index contributed by atoms with van der Waals surface area (Å²) in [5.41, 5.74) is 0.849. The second-order valence-electron chi connectivity index (χ2n) is 6.54. The van der Waals surface area contributed by atoms with Crippen molar-refractivity contribution >= 4 is 23.3 Å². The van der Waals surface area contributed by atoms with Crippen molar-refractivity contribution in [3.63, 3.8) is 0 Å². The highest BCUT2D eigenvalue weighted by Gasteiger charge is 2.15. The van der Waals surface area contributed by atoms with Crippen molar-refractivity contribution in [1.29, 1.82) is 0 Å². The number of aryl methyl sites for hydroxylation is 1. The van der Waals surface area contributed by atoms with E-state index in [1.807, 2.05) is 0 Å². The SMILES string of the molecule is CCOC(=O)Cn1[nH]c(C)c(N=Nc2cccc(-c3cccc(C(=O)O)c3)c2O)c1=O. The molecule has 3 rings (SSSR count). The van der Waals surface area contributed by atoms with Gasteiger partial charge in [0.1, 0.15) is 12.2 Å². The maximum absolute atomic E-state index is 12.5. The minimum atomic E-state index is -1.08. The molecule has 160 valence electrons. The zero-order chi connectivity index (χ0) is 22.5. The van der Waals surface area contributed by atoms with Crippen molar-refractivity contribution in [2.75, 3.05) is 6.61 Å². The first-order valence-electron chi connectivity index (χ1n) is 9.34. The molecule has 0 fully saturated rings. The van der Waals surface area contributed by atoms with Gasteiger partial charge in [-0.05, 0) is 37.6 Å². The average molecular weight is 424 g/mol. The van der Waals surface area contributed by atoms with Gasteiger partial charge in [0, 0.05) is 5.56 Å². The van der Waals surface area contributed by atoms with Crippen molar-refractivity contribution in [3.05, 3.63) is 64.1 Å². The zero-order valence-electron chi connectivity index (χ0n) is 16.8. The number of carboxylic acid groups (broad SMARTS) is 1. The number of azo groups is 1. The number of carbonyl (C=O) groups excluding carboxylic acids is 1. The Morgan fingerprint density at radius 2 is 1.90 bits per heavy atom. The van der Waals surface area contributed by atoms with Crippen LogP contribution in [0.3, 0.4) is 0 Å². The van der Waals surface area contributed by atoms with E-state index in [4.69, 9.17) is 9.84 Å². The molecule has 1 aromatic heterocycles. The number of aromatic amines is 1. The molecule has 10 nitrogen and oxygen atoms in total. The Morgan fingerprint density at radius 3 is 2.61 bits per heavy atom. The topological polar surface area (TPSA) is 146 Å². The molecule has 0 bridgehead atoms. The molecule has 0 spiro atoms. The number of hydrogen-bond acceptors (Lipinski definition) is 7. The summed E-state index contributed by atoms with van der Waals surface area (Å²) in [6.45, 7) is 3.18. The quantitative estimate of drug-likeness (QED) is 0.390. The maximum atomic E-state index is 12.5. The molecule has 0 radical (unpaired) electrons. The summed E-state index contributed by atoms with van der Waals surface area (Å²) >= 11 is 0. The van der Waals surface area contributed by atoms with Gasteiger partial charge in [-0.2, -0.15) is 0 Å². The number of rotatable bonds is 7. The van der Waals surface area contributed by atoms with Gasteiger partial charge in [0.25, 0.3) is 5.56 Å². The van der Waals surface area contributed by atoms with E-state index in [2.05, 4.69) is 15.3 Å². The largest absolute Gasteiger partial charge is 0.505 e. The number of benzene rings is 2. The summed E-state index contributed by atoms with van der Waals surface area (Å²) in [5, 5.41) is 30.5. The number of nitrogens with one attached hydrogen (secondary N) is 1. The van der Waals surface area contributed by atoms with Gasteiger partial charge < -0.3 is 14.9 Å². The van der Waals surface area contributed by atoms with Crippen LogP contribution in [0.2, 0.25) is 0 Å². The van der Waals surface area contributed by atoms with Crippen molar-refractivity contribution in [1.82, 2.24) is 9.78 Å². The van der Waals surface area contributed by atoms with Crippen molar-refractivity contribution < 1.29 is 24.5 Å². The Kier molecular flexibility index (Phi) is 6.29. The monoisotopic (exact) mass is 424 g/mol. The molecule has 31 heavy (non-hydrogen) atoms. The van der Waals surface area contributed by atoms with Gasteiger partial charge in [0.2, 0.25) is 0 Å². The molecule has 0 aliphatic rings. The Balaban J connectivity index is 1.93. The van der Waals surface area contributed by atoms with Crippen LogP contribution >= 0.6 is 0 Å². The Bertz CT molecular complexity index is 1220. The van der Waals surface area contributed by atoms with Crippen LogP contribution in [0, 0.1) is 6.92 Å². The van der Waals surface area contributed by atoms with E-state index in [0.717, 1.165) is 4.68 Å². The Labute approximate surface area is 176 Å². The number of hydrogen-bond donors (Lipinski definition) is 3. The van der Waals surface area contributed by atoms with Crippen LogP contribution < -0.4 is 5.56 Å². The maximum Gasteiger partial charge on any atom is 0.335 e. The average Bonchev–Trinajstić information content (AvgIpc) is 3.00. The molecule has 3 aromatic rings. The first-order chi connectivity index (χ1) is 14.8. The van der Waals surface area contributed by atoms with Crippen LogP contribution in [0.1, 0.15) is 23.0 Å². The summed E-state index contributed by atoms with van der Waals surface area (Å²) in [6.07, 6.45) is 0. The molecular weight excluding hydrogens is 404 g/mol. The number of aromatic carboxylic acids is 1. The number of H-pyrrole nitrogens is 1. The standard InChI is InChI=1S/C21H20N4O6/c1-3-31-17(26)11-25-20(28)18(12(2)24-25)23-22-16-9-5-8-15(19(16)27)13-6-4-7-14(10-13)21(29)30/h4-10,24,27H,3,11H2,1-2H3,(H,29,30). The van der Waals surface area contributed by atoms with Crippen molar-refractivity contribution in [2.45, 2.75) is 20.4 Å². The second kappa shape index (κ2) is 9.08. The number of ether oxygens (including phenoxy) is 1. The fourth-order valence-corrected chi connectivity index (χ4v) is 2.93. The highest BCUT2D eigenvalue weighted by Crippen LogP contribution is 2.38. The molecule has 1 heterocycles. The predicted octanol–water partition coefficient (Wildman–Crippen LogP) is 3.53. The predicted molar refractivity (Wildman–Crippen MR) is 111 cm³/mol. The summed E-state index contributed by atoms with van der Waals surface area (Å²) in [6, 6.07) is 10.9. The van der Waals surface area contributed by atoms with Gasteiger partial charge in [-0.3, -0.25) is 14.7 Å². The first kappa shape index (κ1) is 21.5. The molecule has 10 heteroatoms. The molecule has 3 N–H and O–H groups in total. The van der Waals surface area contributed by atoms with Gasteiger partial charge in [-0.1, -0.05) is 24.3 Å². The number of carbonyl (C=O) groups is 2. The van der Waals surface area contributed by atoms with Gasteiger partial charge in [0.05, 0.1) is 17.9 Å². The van der Waals surface area contributed by atoms with Crippen molar-refractivity contribution in [3.8, 4) is 16.9 Å². The minimum absolute atomic E-state index is 0.0121. The Hall–Kier alpha value is -4.21. The molecule has 0 aliphatic heterocycles. The smallest absolute Gasteiger partial charge is 0.335 e. The van der Waals surface area contributed by atoms with Crippen LogP contribution in [0.5, 0.6) is 5.75 Å². The summed E-state index contributed by atoms with van der Waals surface area (Å²) < 4.78 is 5.90. The molecule has 0 saturated heterocycles. The number of esters is 1. The first-order valence-corrected chi connectivity index (χ1v) is 9.34. The lowest BCUT2D eigenvalue weighted by molar-refractivity contribution is -0.144. The van der Waals surface area contributed by atoms with Crippen LogP contribution in [0.4, 0.5) is 11.4 Å². The molecule has 0 unspecified atom stereocenters. The van der Waals surface area contributed by atoms with Gasteiger partial charge >= 0.3 is 11.9 Å². The lowest BCUT2D eigenvalue weighted by Gasteiger charge is -2.07. The molecule has 0 atom stereocenters. The van der Waals surface area contributed by atoms with Gasteiger partial charge in [-0.15, -0.1) is 10.2 Å². The van der Waals surface area contributed by atoms with Crippen molar-refractivity contribution in [2.24, 2.45) is 10.2 Å². The second-order valence-corrected chi connectivity index (χ2v) is 6.54. The molecular formula is C21H20N4O6. The number of phenols is 1. The molecule has 0 amide bonds. The van der Waals surface area contributed by atoms with E-state index < -0.39 is 17.5 Å². The molecule has 0 aliphatic carbocycles. The fraction of sp³-hybridized carbons (Fsp3) is 0.190. The number of phenolic OH excluding ortho intramolecular Hbond substituents is 1. The number of aromatic hydroxyl groups is 1. The van der Waals surface area contributed by atoms with Crippen LogP contribution in [0.25, 0.3) is 11.1 Å². The van der Waals surface area contributed by atoms with E-state index in [1.165, 1.54) is 18.2 Å². The third-order valence-electron chi connectivity index (χ3n) is 4.39. The number of nitrogens with zero attached hydrogens (tertiary/aromatic N) is 3. The highest BCUT2D eigenvalue weighted by molar-refractivity contribution is 5.90. The summed E-state index contributed by atoms with van der Waals surface area (Å²) in [4.78, 5) is 35.3. The van der Waals surface area contributed by atoms with E-state index in [9.17, 15) is 19.5 Å². The van der Waals surface area contributed by atoms with E-state index in [0.29, 0.717) is 16.8 Å². The van der Waals surface area contributed by atoms with Gasteiger partial charge in [0.15, 0.2) is 11.4 Å². The van der Waals surface area contributed by atoms with E-state index in [-0.39, 0.29) is 35.8 Å². The third kappa shape index (κ3) is 4.69. The van der Waals surface area contributed by atoms with Gasteiger partial charge in [-0.25, -0.2) is 9.48 Å². The van der Waals surface area contributed by atoms with E-state index in [1.54, 1.807) is 38.1 Å². The fourth-order valence-electron chi connectivity index (χ4n) is 2.93. The highest BCUT2D eigenvalue weighted by atomic mass is 16.5. The normalized spacial score (nSPS) is 11.0. The summed E-state index contributed by atoms with van der Waals surface area (Å²) in [5.74, 6) is -1.86. The minimum Gasteiger partial charge on any atom is -0.505 e. The molecule has 2 aromatic carbocycles. The van der Waals surface area contributed by atoms with Crippen LogP contribution in [0.15, 0.2) is 57.5 Å².